The molecule has 0 radical (unpaired) electrons. The van der Waals surface area contributed by atoms with Gasteiger partial charge in [-0.15, -0.1) is 0 Å². The first kappa shape index (κ1) is 15.5. The zero-order valence-electron chi connectivity index (χ0n) is 12.7. The smallest absolute Gasteiger partial charge is 0.195 e. The van der Waals surface area contributed by atoms with Crippen LogP contribution in [0.25, 0.3) is 0 Å². The molecule has 0 spiro atoms. The van der Waals surface area contributed by atoms with Crippen LogP contribution < -0.4 is 0 Å². The second-order valence-corrected chi connectivity index (χ2v) is 6.19. The Labute approximate surface area is 136 Å². The summed E-state index contributed by atoms with van der Waals surface area (Å²) in [5.41, 5.74) is 1.05. The molecule has 3 rings (SSSR count). The Hall–Kier alpha value is -1.36. The molecule has 0 bridgehead atoms. The lowest BCUT2D eigenvalue weighted by Crippen LogP contribution is -2.28. The Kier molecular flexibility index (Phi) is 4.81. The van der Waals surface area contributed by atoms with Crippen molar-refractivity contribution in [3.8, 4) is 0 Å². The van der Waals surface area contributed by atoms with Gasteiger partial charge in [0.25, 0.3) is 0 Å². The van der Waals surface area contributed by atoms with E-state index in [1.165, 1.54) is 0 Å². The normalized spacial score (nSPS) is 24.7. The number of aromatic nitrogens is 2. The molecular formula is C17H21ClN2O2. The van der Waals surface area contributed by atoms with Crippen LogP contribution in [0.15, 0.2) is 43.0 Å². The first-order valence-corrected chi connectivity index (χ1v) is 8.09. The zero-order valence-corrected chi connectivity index (χ0v) is 13.5. The molecule has 118 valence electrons. The zero-order chi connectivity index (χ0) is 15.4. The lowest BCUT2D eigenvalue weighted by Gasteiger charge is -2.28. The third-order valence-corrected chi connectivity index (χ3v) is 4.21. The summed E-state index contributed by atoms with van der Waals surface area (Å²) in [5, 5.41) is 0.727. The number of rotatable bonds is 6. The van der Waals surface area contributed by atoms with Crippen LogP contribution in [0.4, 0.5) is 0 Å². The highest BCUT2D eigenvalue weighted by Crippen LogP contribution is 2.39. The Morgan fingerprint density at radius 2 is 2.14 bits per heavy atom. The van der Waals surface area contributed by atoms with E-state index >= 15 is 0 Å². The lowest BCUT2D eigenvalue weighted by molar-refractivity contribution is -0.181. The molecule has 0 amide bonds. The van der Waals surface area contributed by atoms with Gasteiger partial charge in [0.05, 0.1) is 19.0 Å². The van der Waals surface area contributed by atoms with Gasteiger partial charge in [0.2, 0.25) is 0 Å². The van der Waals surface area contributed by atoms with E-state index in [0.717, 1.165) is 36.4 Å². The molecule has 0 N–H and O–H groups in total. The van der Waals surface area contributed by atoms with Gasteiger partial charge in [0.15, 0.2) is 5.79 Å². The van der Waals surface area contributed by atoms with Gasteiger partial charge in [-0.1, -0.05) is 23.7 Å². The summed E-state index contributed by atoms with van der Waals surface area (Å²) in [6.45, 7) is 3.64. The van der Waals surface area contributed by atoms with Crippen LogP contribution in [0.2, 0.25) is 5.02 Å². The topological polar surface area (TPSA) is 36.3 Å². The first-order chi connectivity index (χ1) is 10.7. The van der Waals surface area contributed by atoms with Crippen molar-refractivity contribution < 1.29 is 9.47 Å². The van der Waals surface area contributed by atoms with Crippen LogP contribution in [0.3, 0.4) is 0 Å². The molecule has 2 unspecified atom stereocenters. The number of ether oxygens (including phenoxy) is 2. The molecule has 22 heavy (non-hydrogen) atoms. The molecule has 2 heterocycles. The van der Waals surface area contributed by atoms with Crippen LogP contribution in [0.1, 0.15) is 31.7 Å². The van der Waals surface area contributed by atoms with E-state index in [4.69, 9.17) is 21.1 Å². The summed E-state index contributed by atoms with van der Waals surface area (Å²) >= 11 is 5.99. The Balaban J connectivity index is 1.63. The molecule has 2 aromatic rings. The summed E-state index contributed by atoms with van der Waals surface area (Å²) in [6, 6.07) is 7.77. The molecule has 0 aliphatic carbocycles. The maximum absolute atomic E-state index is 6.13. The summed E-state index contributed by atoms with van der Waals surface area (Å²) in [6.07, 6.45) is 8.68. The summed E-state index contributed by atoms with van der Waals surface area (Å²) in [4.78, 5) is 4.06. The Morgan fingerprint density at radius 3 is 2.77 bits per heavy atom. The van der Waals surface area contributed by atoms with Gasteiger partial charge in [0.1, 0.15) is 0 Å². The van der Waals surface area contributed by atoms with E-state index in [-0.39, 0.29) is 6.10 Å². The molecule has 5 heteroatoms. The number of hydrogen-bond donors (Lipinski definition) is 0. The van der Waals surface area contributed by atoms with E-state index in [2.05, 4.69) is 9.55 Å². The average Bonchev–Trinajstić information content (AvgIpc) is 3.15. The molecule has 0 saturated carbocycles. The van der Waals surface area contributed by atoms with Crippen LogP contribution in [-0.4, -0.2) is 22.3 Å². The van der Waals surface area contributed by atoms with Gasteiger partial charge in [-0.25, -0.2) is 4.98 Å². The van der Waals surface area contributed by atoms with Crippen molar-refractivity contribution >= 4 is 11.6 Å². The molecule has 2 atom stereocenters. The highest BCUT2D eigenvalue weighted by molar-refractivity contribution is 6.30. The molecule has 1 aromatic heterocycles. The SMILES string of the molecule is CC1COC(CCCCn2ccnc2)(c2ccc(Cl)cc2)O1. The van der Waals surface area contributed by atoms with Crippen molar-refractivity contribution in [2.24, 2.45) is 0 Å². The Morgan fingerprint density at radius 1 is 1.32 bits per heavy atom. The van der Waals surface area contributed by atoms with Gasteiger partial charge in [-0.3, -0.25) is 0 Å². The van der Waals surface area contributed by atoms with E-state index in [1.807, 2.05) is 43.7 Å². The van der Waals surface area contributed by atoms with Crippen molar-refractivity contribution in [1.82, 2.24) is 9.55 Å². The maximum Gasteiger partial charge on any atom is 0.195 e. The predicted molar refractivity (Wildman–Crippen MR) is 85.7 cm³/mol. The lowest BCUT2D eigenvalue weighted by atomic mass is 9.99. The quantitative estimate of drug-likeness (QED) is 0.755. The van der Waals surface area contributed by atoms with Crippen molar-refractivity contribution in [3.05, 3.63) is 53.6 Å². The van der Waals surface area contributed by atoms with Crippen LogP contribution in [0, 0.1) is 0 Å². The van der Waals surface area contributed by atoms with Gasteiger partial charge >= 0.3 is 0 Å². The van der Waals surface area contributed by atoms with Gasteiger partial charge in [-0.05, 0) is 31.9 Å². The van der Waals surface area contributed by atoms with Gasteiger partial charge in [0, 0.05) is 35.9 Å². The summed E-state index contributed by atoms with van der Waals surface area (Å²) < 4.78 is 14.3. The molecule has 1 aliphatic heterocycles. The number of nitrogens with zero attached hydrogens (tertiary/aromatic N) is 2. The molecule has 1 saturated heterocycles. The fourth-order valence-corrected chi connectivity index (χ4v) is 2.97. The average molecular weight is 321 g/mol. The van der Waals surface area contributed by atoms with Gasteiger partial charge in [-0.2, -0.15) is 0 Å². The summed E-state index contributed by atoms with van der Waals surface area (Å²) in [5.74, 6) is -0.626. The predicted octanol–water partition coefficient (Wildman–Crippen LogP) is 4.00. The van der Waals surface area contributed by atoms with E-state index in [0.29, 0.717) is 6.61 Å². The Bertz CT molecular complexity index is 585. The van der Waals surface area contributed by atoms with Crippen LogP contribution in [-0.2, 0) is 21.8 Å². The molecule has 1 fully saturated rings. The largest absolute Gasteiger partial charge is 0.343 e. The van der Waals surface area contributed by atoms with Gasteiger partial charge < -0.3 is 14.0 Å². The van der Waals surface area contributed by atoms with E-state index < -0.39 is 5.79 Å². The number of benzene rings is 1. The highest BCUT2D eigenvalue weighted by atomic mass is 35.5. The van der Waals surface area contributed by atoms with Crippen molar-refractivity contribution in [2.45, 2.75) is 44.6 Å². The number of imidazole rings is 1. The first-order valence-electron chi connectivity index (χ1n) is 7.71. The minimum atomic E-state index is -0.626. The molecule has 1 aliphatic rings. The second kappa shape index (κ2) is 6.82. The minimum absolute atomic E-state index is 0.115. The van der Waals surface area contributed by atoms with E-state index in [9.17, 15) is 0 Å². The van der Waals surface area contributed by atoms with E-state index in [1.54, 1.807) is 6.20 Å². The van der Waals surface area contributed by atoms with Crippen LogP contribution >= 0.6 is 11.6 Å². The van der Waals surface area contributed by atoms with Crippen molar-refractivity contribution in [3.63, 3.8) is 0 Å². The fraction of sp³-hybridized carbons (Fsp3) is 0.471. The highest BCUT2D eigenvalue weighted by Gasteiger charge is 2.41. The standard InChI is InChI=1S/C17H21ClN2O2/c1-14-12-21-17(22-14,15-4-6-16(18)7-5-15)8-2-3-10-20-11-9-19-13-20/h4-7,9,11,13-14H,2-3,8,10,12H2,1H3. The number of hydrogen-bond acceptors (Lipinski definition) is 3. The number of aryl methyl sites for hydroxylation is 1. The monoisotopic (exact) mass is 320 g/mol. The number of unbranched alkanes of at least 4 members (excludes halogenated alkanes) is 1. The molecule has 4 nitrogen and oxygen atoms in total. The minimum Gasteiger partial charge on any atom is -0.343 e. The van der Waals surface area contributed by atoms with Crippen LogP contribution in [0.5, 0.6) is 0 Å². The fourth-order valence-electron chi connectivity index (χ4n) is 2.85. The summed E-state index contributed by atoms with van der Waals surface area (Å²) in [7, 11) is 0. The second-order valence-electron chi connectivity index (χ2n) is 5.76. The third kappa shape index (κ3) is 3.51. The third-order valence-electron chi connectivity index (χ3n) is 3.96. The van der Waals surface area contributed by atoms with Crippen molar-refractivity contribution in [2.75, 3.05) is 6.61 Å². The molecule has 1 aromatic carbocycles. The maximum atomic E-state index is 6.13. The number of halogens is 1. The molecular weight excluding hydrogens is 300 g/mol. The van der Waals surface area contributed by atoms with Crippen molar-refractivity contribution in [1.29, 1.82) is 0 Å².